The molecule has 0 spiro atoms. The first-order chi connectivity index (χ1) is 6.88. The number of benzene rings is 1. The van der Waals surface area contributed by atoms with Gasteiger partial charge in [0.25, 0.3) is 10.6 Å². The van der Waals surface area contributed by atoms with E-state index in [-0.39, 0.29) is 11.4 Å². The molecule has 0 saturated carbocycles. The van der Waals surface area contributed by atoms with Crippen molar-refractivity contribution in [2.75, 3.05) is 5.73 Å². The largest absolute Gasteiger partial charge is 0.449 e. The number of anilines is 1. The molecule has 1 aromatic carbocycles. The zero-order chi connectivity index (χ0) is 11.6. The SMILES string of the molecule is NO[S+]([O])(=O)c1ccc([N+](=O)[O-])cc1N. The summed E-state index contributed by atoms with van der Waals surface area (Å²) < 4.78 is 25.9. The van der Waals surface area contributed by atoms with Crippen LogP contribution in [0.25, 0.3) is 0 Å². The Morgan fingerprint density at radius 2 is 2.07 bits per heavy atom. The summed E-state index contributed by atoms with van der Waals surface area (Å²) in [5.74, 6) is 4.53. The summed E-state index contributed by atoms with van der Waals surface area (Å²) in [5, 5.41) is 10.3. The summed E-state index contributed by atoms with van der Waals surface area (Å²) in [6, 6.07) is 2.85. The molecule has 0 heterocycles. The van der Waals surface area contributed by atoms with Crippen LogP contribution in [0.4, 0.5) is 11.4 Å². The Morgan fingerprint density at radius 3 is 2.47 bits per heavy atom. The van der Waals surface area contributed by atoms with Gasteiger partial charge in [0.15, 0.2) is 0 Å². The van der Waals surface area contributed by atoms with Gasteiger partial charge in [-0.25, -0.2) is 0 Å². The van der Waals surface area contributed by atoms with E-state index in [9.17, 15) is 18.9 Å². The van der Waals surface area contributed by atoms with Gasteiger partial charge in [0.2, 0.25) is 0 Å². The summed E-state index contributed by atoms with van der Waals surface area (Å²) in [7, 11) is -4.14. The fourth-order valence-corrected chi connectivity index (χ4v) is 1.61. The van der Waals surface area contributed by atoms with Gasteiger partial charge >= 0.3 is 10.5 Å². The summed E-state index contributed by atoms with van der Waals surface area (Å²) in [6.07, 6.45) is 0. The van der Waals surface area contributed by atoms with Crippen molar-refractivity contribution in [3.05, 3.63) is 28.3 Å². The molecule has 0 aliphatic rings. The summed E-state index contributed by atoms with van der Waals surface area (Å²) in [6.45, 7) is 0. The van der Waals surface area contributed by atoms with E-state index in [0.29, 0.717) is 0 Å². The molecule has 1 unspecified atom stereocenters. The third-order valence-corrected chi connectivity index (χ3v) is 2.76. The third-order valence-electron chi connectivity index (χ3n) is 1.60. The highest BCUT2D eigenvalue weighted by Gasteiger charge is 2.37. The van der Waals surface area contributed by atoms with Gasteiger partial charge in [-0.05, 0) is 8.49 Å². The van der Waals surface area contributed by atoms with Crippen LogP contribution in [0.5, 0.6) is 0 Å². The lowest BCUT2D eigenvalue weighted by Gasteiger charge is -1.99. The topological polar surface area (TPSA) is 141 Å². The number of nitrogens with two attached hydrogens (primary N) is 2. The van der Waals surface area contributed by atoms with E-state index >= 15 is 0 Å². The van der Waals surface area contributed by atoms with Crippen LogP contribution in [0.1, 0.15) is 0 Å². The molecule has 1 radical (unpaired) electrons. The van der Waals surface area contributed by atoms with Gasteiger partial charge in [0, 0.05) is 18.2 Å². The van der Waals surface area contributed by atoms with Gasteiger partial charge in [0.1, 0.15) is 5.69 Å². The van der Waals surface area contributed by atoms with E-state index in [1.54, 1.807) is 0 Å². The van der Waals surface area contributed by atoms with Crippen molar-refractivity contribution in [2.45, 2.75) is 4.90 Å². The second-order valence-electron chi connectivity index (χ2n) is 2.53. The Kier molecular flexibility index (Phi) is 3.00. The molecule has 0 amide bonds. The maximum Gasteiger partial charge on any atom is 0.449 e. The lowest BCUT2D eigenvalue weighted by atomic mass is 10.3. The van der Waals surface area contributed by atoms with Gasteiger partial charge in [-0.2, -0.15) is 5.90 Å². The minimum Gasteiger partial charge on any atom is -0.394 e. The molecule has 0 aliphatic heterocycles. The standard InChI is InChI=1S/C6H7N3O5S/c7-5-3-4(9(10)11)1-2-6(5)15(12,13)14-8/h1-3H,7-8H2/q+1. The molecule has 0 aromatic heterocycles. The van der Waals surface area contributed by atoms with E-state index in [1.807, 2.05) is 0 Å². The Labute approximate surface area is 85.4 Å². The lowest BCUT2D eigenvalue weighted by Crippen LogP contribution is -2.18. The van der Waals surface area contributed by atoms with E-state index in [1.165, 1.54) is 0 Å². The van der Waals surface area contributed by atoms with Gasteiger partial charge in [-0.1, -0.05) is 0 Å². The minimum absolute atomic E-state index is 0.297. The number of nitro benzene ring substituents is 1. The lowest BCUT2D eigenvalue weighted by molar-refractivity contribution is -0.384. The molecular weight excluding hydrogens is 226 g/mol. The fourth-order valence-electron chi connectivity index (χ4n) is 0.929. The number of nitrogens with zero attached hydrogens (tertiary/aromatic N) is 1. The van der Waals surface area contributed by atoms with E-state index in [2.05, 4.69) is 10.2 Å². The highest BCUT2D eigenvalue weighted by molar-refractivity contribution is 7.93. The molecule has 0 aliphatic carbocycles. The Bertz CT molecular complexity index is 448. The van der Waals surface area contributed by atoms with Crippen LogP contribution in [0.3, 0.4) is 0 Å². The first kappa shape index (κ1) is 11.5. The Morgan fingerprint density at radius 1 is 1.47 bits per heavy atom. The second-order valence-corrected chi connectivity index (χ2v) is 4.07. The second kappa shape index (κ2) is 3.90. The van der Waals surface area contributed by atoms with Crippen LogP contribution in [-0.4, -0.2) is 4.92 Å². The third kappa shape index (κ3) is 2.27. The highest BCUT2D eigenvalue weighted by Crippen LogP contribution is 2.27. The summed E-state index contributed by atoms with van der Waals surface area (Å²) >= 11 is 0. The number of non-ortho nitro benzene ring substituents is 1. The summed E-state index contributed by atoms with van der Waals surface area (Å²) in [5.41, 5.74) is 4.69. The number of hydrogen-bond donors (Lipinski definition) is 2. The molecular formula is C6H7N3O5S+. The molecule has 9 heteroatoms. The van der Waals surface area contributed by atoms with E-state index in [4.69, 9.17) is 5.73 Å². The monoisotopic (exact) mass is 233 g/mol. The van der Waals surface area contributed by atoms with E-state index < -0.39 is 20.3 Å². The fraction of sp³-hybridized carbons (Fsp3) is 0. The molecule has 0 saturated heterocycles. The number of rotatable bonds is 3. The van der Waals surface area contributed by atoms with Gasteiger partial charge < -0.3 is 5.73 Å². The average Bonchev–Trinajstić information content (AvgIpc) is 2.17. The minimum atomic E-state index is -4.14. The van der Waals surface area contributed by atoms with Crippen LogP contribution in [0.2, 0.25) is 0 Å². The molecule has 0 fully saturated rings. The quantitative estimate of drug-likeness (QED) is 0.330. The molecule has 8 nitrogen and oxygen atoms in total. The van der Waals surface area contributed by atoms with Crippen molar-refractivity contribution in [1.29, 1.82) is 0 Å². The predicted octanol–water partition coefficient (Wildman–Crippen LogP) is 0.186. The number of nitrogen functional groups attached to an aromatic ring is 1. The first-order valence-corrected chi connectivity index (χ1v) is 4.96. The van der Waals surface area contributed by atoms with Crippen molar-refractivity contribution in [1.82, 2.24) is 0 Å². The van der Waals surface area contributed by atoms with E-state index in [0.717, 1.165) is 18.2 Å². The molecule has 1 atom stereocenters. The molecule has 15 heavy (non-hydrogen) atoms. The maximum absolute atomic E-state index is 11.1. The van der Waals surface area contributed by atoms with Crippen LogP contribution in [-0.2, 0) is 23.5 Å². The van der Waals surface area contributed by atoms with Crippen LogP contribution >= 0.6 is 0 Å². The van der Waals surface area contributed by atoms with Crippen molar-refractivity contribution in [2.24, 2.45) is 5.90 Å². The Hall–Kier alpha value is -1.55. The highest BCUT2D eigenvalue weighted by atomic mass is 32.3. The van der Waals surface area contributed by atoms with Gasteiger partial charge in [0.05, 0.1) is 9.48 Å². The average molecular weight is 233 g/mol. The summed E-state index contributed by atoms with van der Waals surface area (Å²) in [4.78, 5) is 9.22. The van der Waals surface area contributed by atoms with Crippen molar-refractivity contribution >= 4 is 21.9 Å². The van der Waals surface area contributed by atoms with Crippen LogP contribution in [0.15, 0.2) is 23.1 Å². The zero-order valence-electron chi connectivity index (χ0n) is 7.28. The van der Waals surface area contributed by atoms with Crippen molar-refractivity contribution in [3.63, 3.8) is 0 Å². The molecule has 0 bridgehead atoms. The van der Waals surface area contributed by atoms with Gasteiger partial charge in [-0.15, -0.1) is 0 Å². The molecule has 1 aromatic rings. The molecule has 1 rings (SSSR count). The van der Waals surface area contributed by atoms with Crippen molar-refractivity contribution in [3.8, 4) is 0 Å². The van der Waals surface area contributed by atoms with Crippen molar-refractivity contribution < 1.29 is 18.0 Å². The van der Waals surface area contributed by atoms with Crippen LogP contribution < -0.4 is 11.6 Å². The number of hydrogen-bond acceptors (Lipinski definition) is 6. The maximum atomic E-state index is 11.1. The van der Waals surface area contributed by atoms with Crippen LogP contribution in [0, 0.1) is 10.1 Å². The Balaban J connectivity index is 3.26. The number of nitro groups is 1. The zero-order valence-corrected chi connectivity index (χ0v) is 8.10. The molecule has 4 N–H and O–H groups in total. The first-order valence-electron chi connectivity index (χ1n) is 3.56. The normalized spacial score (nSPS) is 14.5. The molecule has 81 valence electrons. The smallest absolute Gasteiger partial charge is 0.394 e. The van der Waals surface area contributed by atoms with Gasteiger partial charge in [-0.3, -0.25) is 10.1 Å². The predicted molar refractivity (Wildman–Crippen MR) is 49.8 cm³/mol.